The van der Waals surface area contributed by atoms with Gasteiger partial charge in [0, 0.05) is 19.3 Å². The molecule has 0 saturated heterocycles. The van der Waals surface area contributed by atoms with Gasteiger partial charge in [-0.05, 0) is 64.2 Å². The maximum absolute atomic E-state index is 12.7. The van der Waals surface area contributed by atoms with Gasteiger partial charge < -0.3 is 14.2 Å². The van der Waals surface area contributed by atoms with Gasteiger partial charge in [-0.25, -0.2) is 0 Å². The van der Waals surface area contributed by atoms with E-state index in [-0.39, 0.29) is 31.1 Å². The third-order valence-corrected chi connectivity index (χ3v) is 10.4. The molecule has 0 spiro atoms. The Bertz CT molecular complexity index is 953. The number of hydrogen-bond acceptors (Lipinski definition) is 6. The fraction of sp³-hybridized carbons (Fsp3) is 0.820. The average Bonchev–Trinajstić information content (AvgIpc) is 3.19. The first kappa shape index (κ1) is 53.6. The Hall–Kier alpha value is -2.37. The van der Waals surface area contributed by atoms with E-state index in [2.05, 4.69) is 57.2 Å². The van der Waals surface area contributed by atoms with Crippen LogP contribution >= 0.6 is 0 Å². The first-order chi connectivity index (χ1) is 27.5. The van der Waals surface area contributed by atoms with Crippen molar-refractivity contribution in [3.8, 4) is 0 Å². The molecule has 0 N–H and O–H groups in total. The normalized spacial score (nSPS) is 12.3. The van der Waals surface area contributed by atoms with E-state index in [1.165, 1.54) is 128 Å². The van der Waals surface area contributed by atoms with Gasteiger partial charge in [0.2, 0.25) is 0 Å². The van der Waals surface area contributed by atoms with Crippen LogP contribution in [0.3, 0.4) is 0 Å². The summed E-state index contributed by atoms with van der Waals surface area (Å²) in [6, 6.07) is 0. The van der Waals surface area contributed by atoms with Gasteiger partial charge in [-0.1, -0.05) is 198 Å². The predicted octanol–water partition coefficient (Wildman–Crippen LogP) is 15.4. The third-order valence-electron chi connectivity index (χ3n) is 10.4. The van der Waals surface area contributed by atoms with Crippen molar-refractivity contribution in [1.82, 2.24) is 0 Å². The average molecular weight is 787 g/mol. The van der Waals surface area contributed by atoms with Gasteiger partial charge in [0.25, 0.3) is 0 Å². The highest BCUT2D eigenvalue weighted by Gasteiger charge is 2.19. The molecule has 0 rings (SSSR count). The molecule has 326 valence electrons. The molecule has 1 unspecified atom stereocenters. The highest BCUT2D eigenvalue weighted by atomic mass is 16.6. The summed E-state index contributed by atoms with van der Waals surface area (Å²) >= 11 is 0. The SMILES string of the molecule is CCCCCC/C=C\CCCC(=O)OCC(COC(=O)CCCCCCC/C=C\C=C/CCCCCCCCC)OC(=O)CCCCCCCCCCCCC. The Balaban J connectivity index is 4.33. The zero-order chi connectivity index (χ0) is 40.8. The van der Waals surface area contributed by atoms with Crippen molar-refractivity contribution < 1.29 is 28.6 Å². The summed E-state index contributed by atoms with van der Waals surface area (Å²) in [6.45, 7) is 6.55. The Morgan fingerprint density at radius 1 is 0.357 bits per heavy atom. The molecule has 0 aliphatic rings. The largest absolute Gasteiger partial charge is 0.462 e. The Morgan fingerprint density at radius 2 is 0.661 bits per heavy atom. The third kappa shape index (κ3) is 42.8. The van der Waals surface area contributed by atoms with Crippen LogP contribution in [0.1, 0.15) is 245 Å². The number of carbonyl (C=O) groups is 3. The quantitative estimate of drug-likeness (QED) is 0.0201. The molecule has 0 heterocycles. The Labute approximate surface area is 346 Å². The Morgan fingerprint density at radius 3 is 1.09 bits per heavy atom. The topological polar surface area (TPSA) is 78.9 Å². The standard InChI is InChI=1S/C50H90O6/c1-4-7-10-13-16-19-21-22-23-24-25-26-27-29-31-34-37-40-43-49(52)55-46-47(45-54-48(51)42-39-36-33-30-18-15-12-9-6-3)56-50(53)44-41-38-35-32-28-20-17-14-11-8-5-2/h23-26,30,33,47H,4-22,27-29,31-32,34-46H2,1-3H3/b24-23-,26-25-,33-30-. The fourth-order valence-corrected chi connectivity index (χ4v) is 6.73. The van der Waals surface area contributed by atoms with Crippen molar-refractivity contribution in [1.29, 1.82) is 0 Å². The molecular formula is C50H90O6. The fourth-order valence-electron chi connectivity index (χ4n) is 6.73. The maximum Gasteiger partial charge on any atom is 0.306 e. The van der Waals surface area contributed by atoms with Crippen LogP contribution in [0.5, 0.6) is 0 Å². The predicted molar refractivity (Wildman–Crippen MR) is 238 cm³/mol. The minimum atomic E-state index is -0.783. The van der Waals surface area contributed by atoms with E-state index in [9.17, 15) is 14.4 Å². The summed E-state index contributed by atoms with van der Waals surface area (Å²) in [7, 11) is 0. The maximum atomic E-state index is 12.7. The number of ether oxygens (including phenoxy) is 3. The smallest absolute Gasteiger partial charge is 0.306 e. The lowest BCUT2D eigenvalue weighted by Gasteiger charge is -2.18. The molecule has 0 aromatic rings. The van der Waals surface area contributed by atoms with Crippen LogP contribution in [-0.2, 0) is 28.6 Å². The summed E-state index contributed by atoms with van der Waals surface area (Å²) in [4.78, 5) is 37.7. The number of carbonyl (C=O) groups excluding carboxylic acids is 3. The van der Waals surface area contributed by atoms with Crippen LogP contribution in [0.4, 0.5) is 0 Å². The monoisotopic (exact) mass is 787 g/mol. The minimum absolute atomic E-state index is 0.0866. The van der Waals surface area contributed by atoms with Gasteiger partial charge >= 0.3 is 17.9 Å². The van der Waals surface area contributed by atoms with Crippen LogP contribution in [0.15, 0.2) is 36.5 Å². The first-order valence-corrected chi connectivity index (χ1v) is 24.0. The lowest BCUT2D eigenvalue weighted by molar-refractivity contribution is -0.167. The molecule has 6 heteroatoms. The molecule has 0 aliphatic heterocycles. The van der Waals surface area contributed by atoms with E-state index in [0.717, 1.165) is 77.0 Å². The number of unbranched alkanes of at least 4 members (excludes halogenated alkanes) is 27. The second-order valence-corrected chi connectivity index (χ2v) is 16.0. The lowest BCUT2D eigenvalue weighted by atomic mass is 10.1. The summed E-state index contributed by atoms with van der Waals surface area (Å²) in [5, 5.41) is 0. The number of rotatable bonds is 43. The number of allylic oxidation sites excluding steroid dienone is 6. The van der Waals surface area contributed by atoms with Crippen LogP contribution in [0, 0.1) is 0 Å². The zero-order valence-corrected chi connectivity index (χ0v) is 37.2. The van der Waals surface area contributed by atoms with Crippen LogP contribution in [0.2, 0.25) is 0 Å². The van der Waals surface area contributed by atoms with Crippen LogP contribution in [0.25, 0.3) is 0 Å². The number of hydrogen-bond donors (Lipinski definition) is 0. The van der Waals surface area contributed by atoms with Crippen molar-refractivity contribution in [2.75, 3.05) is 13.2 Å². The summed E-state index contributed by atoms with van der Waals surface area (Å²) in [5.41, 5.74) is 0. The van der Waals surface area contributed by atoms with Crippen molar-refractivity contribution in [3.05, 3.63) is 36.5 Å². The highest BCUT2D eigenvalue weighted by Crippen LogP contribution is 2.14. The van der Waals surface area contributed by atoms with E-state index >= 15 is 0 Å². The molecule has 6 nitrogen and oxygen atoms in total. The minimum Gasteiger partial charge on any atom is -0.462 e. The van der Waals surface area contributed by atoms with Gasteiger partial charge in [-0.15, -0.1) is 0 Å². The Kier molecular flexibility index (Phi) is 43.4. The summed E-state index contributed by atoms with van der Waals surface area (Å²) in [5.74, 6) is -0.934. The molecule has 0 aromatic heterocycles. The van der Waals surface area contributed by atoms with Gasteiger partial charge in [0.1, 0.15) is 13.2 Å². The van der Waals surface area contributed by atoms with Gasteiger partial charge in [-0.2, -0.15) is 0 Å². The van der Waals surface area contributed by atoms with E-state index < -0.39 is 6.10 Å². The first-order valence-electron chi connectivity index (χ1n) is 24.0. The van der Waals surface area contributed by atoms with Gasteiger partial charge in [-0.3, -0.25) is 14.4 Å². The molecule has 0 amide bonds. The molecule has 0 bridgehead atoms. The van der Waals surface area contributed by atoms with Crippen molar-refractivity contribution in [3.63, 3.8) is 0 Å². The van der Waals surface area contributed by atoms with E-state index in [1.54, 1.807) is 0 Å². The van der Waals surface area contributed by atoms with Crippen molar-refractivity contribution in [2.24, 2.45) is 0 Å². The summed E-state index contributed by atoms with van der Waals surface area (Å²) < 4.78 is 16.7. The second kappa shape index (κ2) is 45.3. The van der Waals surface area contributed by atoms with Crippen LogP contribution < -0.4 is 0 Å². The van der Waals surface area contributed by atoms with E-state index in [0.29, 0.717) is 19.3 Å². The lowest BCUT2D eigenvalue weighted by Crippen LogP contribution is -2.30. The molecule has 0 saturated carbocycles. The molecule has 0 radical (unpaired) electrons. The van der Waals surface area contributed by atoms with Crippen molar-refractivity contribution >= 4 is 17.9 Å². The second-order valence-electron chi connectivity index (χ2n) is 16.0. The highest BCUT2D eigenvalue weighted by molar-refractivity contribution is 5.71. The molecular weight excluding hydrogens is 697 g/mol. The molecule has 0 fully saturated rings. The van der Waals surface area contributed by atoms with Crippen molar-refractivity contribution in [2.45, 2.75) is 252 Å². The molecule has 56 heavy (non-hydrogen) atoms. The molecule has 0 aliphatic carbocycles. The van der Waals surface area contributed by atoms with Gasteiger partial charge in [0.15, 0.2) is 6.10 Å². The number of esters is 3. The molecule has 1 atom stereocenters. The van der Waals surface area contributed by atoms with Crippen LogP contribution in [-0.4, -0.2) is 37.2 Å². The zero-order valence-electron chi connectivity index (χ0n) is 37.2. The summed E-state index contributed by atoms with van der Waals surface area (Å²) in [6.07, 6.45) is 51.4. The van der Waals surface area contributed by atoms with E-state index in [1.807, 2.05) is 0 Å². The molecule has 0 aromatic carbocycles. The van der Waals surface area contributed by atoms with E-state index in [4.69, 9.17) is 14.2 Å². The van der Waals surface area contributed by atoms with Gasteiger partial charge in [0.05, 0.1) is 0 Å².